The molecule has 0 radical (unpaired) electrons. The van der Waals surface area contributed by atoms with E-state index < -0.39 is 15.8 Å². The summed E-state index contributed by atoms with van der Waals surface area (Å²) in [6.45, 7) is 0.323. The molecule has 1 rings (SSSR count). The molecule has 0 saturated heterocycles. The Morgan fingerprint density at radius 1 is 1.24 bits per heavy atom. The molecule has 17 heavy (non-hydrogen) atoms. The zero-order chi connectivity index (χ0) is 12.7. The topological polar surface area (TPSA) is 75.6 Å². The van der Waals surface area contributed by atoms with E-state index in [2.05, 4.69) is 4.72 Å². The highest BCUT2D eigenvalue weighted by atomic mass is 32.2. The number of ether oxygens (including phenoxy) is 1. The summed E-state index contributed by atoms with van der Waals surface area (Å²) in [5.74, 6) is -0.491. The lowest BCUT2D eigenvalue weighted by Gasteiger charge is -2.06. The maximum atomic E-state index is 12.6. The third kappa shape index (κ3) is 4.78. The lowest BCUT2D eigenvalue weighted by Crippen LogP contribution is -2.27. The quantitative estimate of drug-likeness (QED) is 0.685. The molecular weight excluding hydrogens is 249 g/mol. The maximum Gasteiger partial charge on any atom is 0.240 e. The van der Waals surface area contributed by atoms with Gasteiger partial charge >= 0.3 is 0 Å². The summed E-state index contributed by atoms with van der Waals surface area (Å²) in [6, 6.07) is 4.53. The van der Waals surface area contributed by atoms with Crippen molar-refractivity contribution in [2.45, 2.75) is 4.90 Å². The van der Waals surface area contributed by atoms with Gasteiger partial charge in [0.2, 0.25) is 10.0 Å². The van der Waals surface area contributed by atoms with E-state index in [-0.39, 0.29) is 31.3 Å². The lowest BCUT2D eigenvalue weighted by molar-refractivity contribution is 0.0961. The van der Waals surface area contributed by atoms with Crippen LogP contribution in [0.3, 0.4) is 0 Å². The van der Waals surface area contributed by atoms with E-state index in [1.807, 2.05) is 0 Å². The minimum Gasteiger partial charge on any atom is -0.394 e. The zero-order valence-corrected chi connectivity index (χ0v) is 9.91. The van der Waals surface area contributed by atoms with Crippen LogP contribution in [0, 0.1) is 5.82 Å². The van der Waals surface area contributed by atoms with Crippen LogP contribution in [0.1, 0.15) is 0 Å². The molecule has 7 heteroatoms. The van der Waals surface area contributed by atoms with Crippen LogP contribution in [0.25, 0.3) is 0 Å². The SMILES string of the molecule is O=S(=O)(NCCOCCO)c1ccc(F)cc1. The van der Waals surface area contributed by atoms with Gasteiger partial charge in [-0.15, -0.1) is 0 Å². The summed E-state index contributed by atoms with van der Waals surface area (Å²) in [7, 11) is -3.62. The first-order valence-corrected chi connectivity index (χ1v) is 6.48. The average Bonchev–Trinajstić information content (AvgIpc) is 2.29. The fourth-order valence-electron chi connectivity index (χ4n) is 1.11. The third-order valence-corrected chi connectivity index (χ3v) is 3.37. The molecule has 0 aliphatic carbocycles. The van der Waals surface area contributed by atoms with E-state index in [0.717, 1.165) is 12.1 Å². The standard InChI is InChI=1S/C10H14FNO4S/c11-9-1-3-10(4-2-9)17(14,15)12-5-7-16-8-6-13/h1-4,12-13H,5-8H2. The second-order valence-corrected chi connectivity index (χ2v) is 4.95. The molecule has 1 aromatic rings. The molecule has 0 aromatic heterocycles. The van der Waals surface area contributed by atoms with E-state index in [1.165, 1.54) is 12.1 Å². The van der Waals surface area contributed by atoms with Crippen LogP contribution < -0.4 is 4.72 Å². The second kappa shape index (κ2) is 6.65. The van der Waals surface area contributed by atoms with Crippen LogP contribution in [-0.4, -0.2) is 39.9 Å². The first-order chi connectivity index (χ1) is 8.06. The van der Waals surface area contributed by atoms with Gasteiger partial charge in [-0.1, -0.05) is 0 Å². The van der Waals surface area contributed by atoms with Gasteiger partial charge in [0.1, 0.15) is 5.82 Å². The van der Waals surface area contributed by atoms with E-state index in [9.17, 15) is 12.8 Å². The molecule has 0 atom stereocenters. The highest BCUT2D eigenvalue weighted by Gasteiger charge is 2.12. The monoisotopic (exact) mass is 263 g/mol. The number of hydrogen-bond acceptors (Lipinski definition) is 4. The van der Waals surface area contributed by atoms with Gasteiger partial charge < -0.3 is 9.84 Å². The highest BCUT2D eigenvalue weighted by molar-refractivity contribution is 7.89. The van der Waals surface area contributed by atoms with Crippen molar-refractivity contribution in [2.24, 2.45) is 0 Å². The van der Waals surface area contributed by atoms with Crippen molar-refractivity contribution in [1.29, 1.82) is 0 Å². The third-order valence-electron chi connectivity index (χ3n) is 1.90. The van der Waals surface area contributed by atoms with Crippen molar-refractivity contribution in [3.63, 3.8) is 0 Å². The normalized spacial score (nSPS) is 11.6. The highest BCUT2D eigenvalue weighted by Crippen LogP contribution is 2.08. The van der Waals surface area contributed by atoms with Crippen molar-refractivity contribution in [3.05, 3.63) is 30.1 Å². The van der Waals surface area contributed by atoms with E-state index in [0.29, 0.717) is 0 Å². The van der Waals surface area contributed by atoms with Crippen LogP contribution in [-0.2, 0) is 14.8 Å². The minimum absolute atomic E-state index is 0.000980. The van der Waals surface area contributed by atoms with Gasteiger partial charge in [-0.25, -0.2) is 17.5 Å². The smallest absolute Gasteiger partial charge is 0.240 e. The van der Waals surface area contributed by atoms with Gasteiger partial charge in [0.15, 0.2) is 0 Å². The molecule has 0 unspecified atom stereocenters. The van der Waals surface area contributed by atoms with Crippen molar-refractivity contribution >= 4 is 10.0 Å². The molecule has 0 saturated carbocycles. The summed E-state index contributed by atoms with van der Waals surface area (Å²) in [4.78, 5) is 0.000980. The molecule has 0 spiro atoms. The molecular formula is C10H14FNO4S. The maximum absolute atomic E-state index is 12.6. The molecule has 96 valence electrons. The fourth-order valence-corrected chi connectivity index (χ4v) is 2.13. The number of rotatable bonds is 7. The molecule has 2 N–H and O–H groups in total. The Kier molecular flexibility index (Phi) is 5.49. The number of sulfonamides is 1. The van der Waals surface area contributed by atoms with Crippen molar-refractivity contribution in [3.8, 4) is 0 Å². The number of hydrogen-bond donors (Lipinski definition) is 2. The molecule has 0 fully saturated rings. The van der Waals surface area contributed by atoms with E-state index in [4.69, 9.17) is 9.84 Å². The Morgan fingerprint density at radius 2 is 1.88 bits per heavy atom. The summed E-state index contributed by atoms with van der Waals surface area (Å²) in [5, 5.41) is 8.43. The summed E-state index contributed by atoms with van der Waals surface area (Å²) >= 11 is 0. The number of halogens is 1. The Balaban J connectivity index is 2.48. The molecule has 0 heterocycles. The van der Waals surface area contributed by atoms with Gasteiger partial charge in [0.25, 0.3) is 0 Å². The average molecular weight is 263 g/mol. The second-order valence-electron chi connectivity index (χ2n) is 3.19. The number of nitrogens with one attached hydrogen (secondary N) is 1. The lowest BCUT2D eigenvalue weighted by atomic mass is 10.4. The van der Waals surface area contributed by atoms with Crippen LogP contribution in [0.4, 0.5) is 4.39 Å². The molecule has 0 aliphatic rings. The van der Waals surface area contributed by atoms with Crippen LogP contribution in [0.2, 0.25) is 0 Å². The van der Waals surface area contributed by atoms with Crippen LogP contribution in [0.15, 0.2) is 29.2 Å². The summed E-state index contributed by atoms with van der Waals surface area (Å²) in [6.07, 6.45) is 0. The van der Waals surface area contributed by atoms with Gasteiger partial charge in [-0.3, -0.25) is 0 Å². The van der Waals surface area contributed by atoms with E-state index >= 15 is 0 Å². The Bertz CT molecular complexity index is 432. The van der Waals surface area contributed by atoms with Crippen molar-refractivity contribution in [1.82, 2.24) is 4.72 Å². The molecule has 0 bridgehead atoms. The van der Waals surface area contributed by atoms with Crippen molar-refractivity contribution in [2.75, 3.05) is 26.4 Å². The van der Waals surface area contributed by atoms with Crippen LogP contribution in [0.5, 0.6) is 0 Å². The first kappa shape index (κ1) is 14.0. The molecule has 0 amide bonds. The van der Waals surface area contributed by atoms with E-state index in [1.54, 1.807) is 0 Å². The predicted molar refractivity (Wildman–Crippen MR) is 59.5 cm³/mol. The van der Waals surface area contributed by atoms with Gasteiger partial charge in [-0.2, -0.15) is 0 Å². The number of benzene rings is 1. The predicted octanol–water partition coefficient (Wildman–Crippen LogP) is 0.113. The number of aliphatic hydroxyl groups excluding tert-OH is 1. The van der Waals surface area contributed by atoms with Crippen molar-refractivity contribution < 1.29 is 22.7 Å². The number of aliphatic hydroxyl groups is 1. The zero-order valence-electron chi connectivity index (χ0n) is 9.10. The van der Waals surface area contributed by atoms with Gasteiger partial charge in [0, 0.05) is 6.54 Å². The van der Waals surface area contributed by atoms with Gasteiger partial charge in [-0.05, 0) is 24.3 Å². The minimum atomic E-state index is -3.62. The Hall–Kier alpha value is -1.02. The Labute approximate surface area is 99.3 Å². The Morgan fingerprint density at radius 3 is 2.47 bits per heavy atom. The molecule has 5 nitrogen and oxygen atoms in total. The molecule has 1 aromatic carbocycles. The largest absolute Gasteiger partial charge is 0.394 e. The summed E-state index contributed by atoms with van der Waals surface area (Å²) in [5.41, 5.74) is 0. The van der Waals surface area contributed by atoms with Gasteiger partial charge in [0.05, 0.1) is 24.7 Å². The van der Waals surface area contributed by atoms with Crippen LogP contribution >= 0.6 is 0 Å². The fraction of sp³-hybridized carbons (Fsp3) is 0.400. The molecule has 0 aliphatic heterocycles. The summed E-state index contributed by atoms with van der Waals surface area (Å²) < 4.78 is 43.1. The first-order valence-electron chi connectivity index (χ1n) is 5.00.